The molecule has 6 rings (SSSR count). The first kappa shape index (κ1) is 25.7. The van der Waals surface area contributed by atoms with Gasteiger partial charge >= 0.3 is 0 Å². The molecule has 0 radical (unpaired) electrons. The van der Waals surface area contributed by atoms with E-state index in [1.54, 1.807) is 12.3 Å². The number of benzene rings is 2. The molecule has 204 valence electrons. The number of nitrogens with one attached hydrogen (secondary N) is 3. The number of hydrogen-bond acceptors (Lipinski definition) is 6. The maximum absolute atomic E-state index is 13.5. The molecule has 3 aromatic rings. The zero-order chi connectivity index (χ0) is 27.0. The molecule has 0 spiro atoms. The summed E-state index contributed by atoms with van der Waals surface area (Å²) in [5, 5.41) is 10.0. The van der Waals surface area contributed by atoms with Crippen LogP contribution in [0.15, 0.2) is 54.7 Å². The van der Waals surface area contributed by atoms with Gasteiger partial charge in [0.05, 0.1) is 12.2 Å². The summed E-state index contributed by atoms with van der Waals surface area (Å²) in [6, 6.07) is 16.7. The van der Waals surface area contributed by atoms with Crippen LogP contribution in [0.4, 0.5) is 17.2 Å². The number of carbonyl (C=O) groups is 1. The first-order valence-corrected chi connectivity index (χ1v) is 14.3. The number of aromatic nitrogens is 1. The van der Waals surface area contributed by atoms with Gasteiger partial charge in [-0.2, -0.15) is 0 Å². The minimum absolute atomic E-state index is 0.0726. The van der Waals surface area contributed by atoms with E-state index in [0.29, 0.717) is 29.9 Å². The highest BCUT2D eigenvalue weighted by Crippen LogP contribution is 2.44. The third-order valence-electron chi connectivity index (χ3n) is 8.68. The largest absolute Gasteiger partial charge is 0.493 e. The molecule has 1 saturated heterocycles. The number of carbonyl (C=O) groups excluding carboxylic acids is 1. The van der Waals surface area contributed by atoms with Gasteiger partial charge < -0.3 is 25.6 Å². The summed E-state index contributed by atoms with van der Waals surface area (Å²) in [6.45, 7) is 11.5. The van der Waals surface area contributed by atoms with E-state index >= 15 is 0 Å². The van der Waals surface area contributed by atoms with Crippen LogP contribution in [0, 0.1) is 5.92 Å². The molecule has 1 fully saturated rings. The van der Waals surface area contributed by atoms with E-state index in [1.807, 2.05) is 18.2 Å². The average Bonchev–Trinajstić information content (AvgIpc) is 3.53. The SMILES string of the molecule is CC(C1CCNCC1)N1CC(C)(C)c2ccc(NC(=O)c3cccnc3NCc3ccc4c(c3)CCO4)cc21. The van der Waals surface area contributed by atoms with Crippen molar-refractivity contribution in [3.05, 3.63) is 77.0 Å². The fourth-order valence-electron chi connectivity index (χ4n) is 6.42. The Morgan fingerprint density at radius 3 is 2.87 bits per heavy atom. The average molecular weight is 526 g/mol. The molecular weight excluding hydrogens is 486 g/mol. The number of nitrogens with zero attached hydrogens (tertiary/aromatic N) is 2. The van der Waals surface area contributed by atoms with E-state index in [1.165, 1.54) is 29.7 Å². The zero-order valence-electron chi connectivity index (χ0n) is 23.2. The molecule has 2 aromatic carbocycles. The second-order valence-corrected chi connectivity index (χ2v) is 11.8. The Balaban J connectivity index is 1.19. The molecule has 1 amide bonds. The van der Waals surface area contributed by atoms with Crippen LogP contribution in [0.3, 0.4) is 0 Å². The minimum atomic E-state index is -0.164. The first-order chi connectivity index (χ1) is 18.9. The van der Waals surface area contributed by atoms with Gasteiger partial charge in [-0.1, -0.05) is 32.0 Å². The Bertz CT molecular complexity index is 1360. The molecule has 7 nitrogen and oxygen atoms in total. The summed E-state index contributed by atoms with van der Waals surface area (Å²) in [6.07, 6.45) is 5.07. The van der Waals surface area contributed by atoms with Crippen molar-refractivity contribution in [2.45, 2.75) is 58.0 Å². The van der Waals surface area contributed by atoms with E-state index in [0.717, 1.165) is 49.7 Å². The normalized spacial score (nSPS) is 18.7. The number of rotatable bonds is 7. The fraction of sp³-hybridized carbons (Fsp3) is 0.438. The lowest BCUT2D eigenvalue weighted by atomic mass is 9.87. The van der Waals surface area contributed by atoms with E-state index in [2.05, 4.69) is 70.9 Å². The number of hydrogen-bond donors (Lipinski definition) is 3. The van der Waals surface area contributed by atoms with E-state index in [9.17, 15) is 4.79 Å². The molecule has 3 N–H and O–H groups in total. The van der Waals surface area contributed by atoms with Crippen LogP contribution in [0.1, 0.15) is 60.7 Å². The number of anilines is 3. The van der Waals surface area contributed by atoms with Crippen molar-refractivity contribution in [1.29, 1.82) is 0 Å². The van der Waals surface area contributed by atoms with Crippen molar-refractivity contribution in [2.75, 3.05) is 41.8 Å². The Labute approximate surface area is 231 Å². The van der Waals surface area contributed by atoms with Crippen molar-refractivity contribution >= 4 is 23.1 Å². The molecule has 0 aliphatic carbocycles. The predicted octanol–water partition coefficient (Wildman–Crippen LogP) is 5.37. The molecular formula is C32H39N5O2. The van der Waals surface area contributed by atoms with Crippen molar-refractivity contribution in [3.8, 4) is 5.75 Å². The van der Waals surface area contributed by atoms with Gasteiger partial charge in [-0.15, -0.1) is 0 Å². The number of piperidine rings is 1. The van der Waals surface area contributed by atoms with Crippen LogP contribution < -0.4 is 25.6 Å². The molecule has 1 unspecified atom stereocenters. The summed E-state index contributed by atoms with van der Waals surface area (Å²) in [5.41, 5.74) is 6.38. The summed E-state index contributed by atoms with van der Waals surface area (Å²) in [7, 11) is 0. The number of amides is 1. The maximum Gasteiger partial charge on any atom is 0.259 e. The van der Waals surface area contributed by atoms with Gasteiger partial charge in [0.2, 0.25) is 0 Å². The van der Waals surface area contributed by atoms with Crippen LogP contribution in [0.5, 0.6) is 5.75 Å². The monoisotopic (exact) mass is 525 g/mol. The summed E-state index contributed by atoms with van der Waals surface area (Å²) < 4.78 is 5.62. The van der Waals surface area contributed by atoms with Crippen LogP contribution in [-0.2, 0) is 18.4 Å². The molecule has 4 heterocycles. The molecule has 0 bridgehead atoms. The van der Waals surface area contributed by atoms with Crippen molar-refractivity contribution in [3.63, 3.8) is 0 Å². The molecule has 3 aliphatic rings. The van der Waals surface area contributed by atoms with E-state index in [-0.39, 0.29) is 11.3 Å². The van der Waals surface area contributed by atoms with Crippen LogP contribution in [0.25, 0.3) is 0 Å². The van der Waals surface area contributed by atoms with Gasteiger partial charge in [0.15, 0.2) is 0 Å². The molecule has 1 atom stereocenters. The number of pyridine rings is 1. The third kappa shape index (κ3) is 5.20. The highest BCUT2D eigenvalue weighted by atomic mass is 16.5. The molecule has 7 heteroatoms. The second-order valence-electron chi connectivity index (χ2n) is 11.8. The van der Waals surface area contributed by atoms with Gasteiger partial charge in [-0.3, -0.25) is 4.79 Å². The lowest BCUT2D eigenvalue weighted by Crippen LogP contribution is -2.44. The van der Waals surface area contributed by atoms with Gasteiger partial charge in [0.1, 0.15) is 11.6 Å². The summed E-state index contributed by atoms with van der Waals surface area (Å²) >= 11 is 0. The molecule has 3 aliphatic heterocycles. The predicted molar refractivity (Wildman–Crippen MR) is 157 cm³/mol. The Kier molecular flexibility index (Phi) is 6.94. The van der Waals surface area contributed by atoms with Crippen molar-refractivity contribution < 1.29 is 9.53 Å². The van der Waals surface area contributed by atoms with Crippen molar-refractivity contribution in [1.82, 2.24) is 10.3 Å². The van der Waals surface area contributed by atoms with Crippen LogP contribution >= 0.6 is 0 Å². The van der Waals surface area contributed by atoms with E-state index < -0.39 is 0 Å². The topological polar surface area (TPSA) is 78.5 Å². The van der Waals surface area contributed by atoms with Crippen LogP contribution in [-0.4, -0.2) is 43.2 Å². The highest BCUT2D eigenvalue weighted by Gasteiger charge is 2.39. The van der Waals surface area contributed by atoms with Gasteiger partial charge in [0.25, 0.3) is 5.91 Å². The summed E-state index contributed by atoms with van der Waals surface area (Å²) in [4.78, 5) is 20.5. The van der Waals surface area contributed by atoms with Crippen molar-refractivity contribution in [2.24, 2.45) is 5.92 Å². The molecule has 0 saturated carbocycles. The third-order valence-corrected chi connectivity index (χ3v) is 8.68. The molecule has 1 aromatic heterocycles. The number of fused-ring (bicyclic) bond motifs is 2. The lowest BCUT2D eigenvalue weighted by molar-refractivity contribution is 0.102. The first-order valence-electron chi connectivity index (χ1n) is 14.3. The number of ether oxygens (including phenoxy) is 1. The van der Waals surface area contributed by atoms with Gasteiger partial charge in [-0.25, -0.2) is 4.98 Å². The summed E-state index contributed by atoms with van der Waals surface area (Å²) in [5.74, 6) is 2.06. The Hall–Kier alpha value is -3.58. The lowest BCUT2D eigenvalue weighted by Gasteiger charge is -2.37. The Morgan fingerprint density at radius 1 is 1.18 bits per heavy atom. The standard InChI is InChI=1S/C32H39N5O2/c1-21(23-10-14-33-15-11-23)37-20-32(2,3)27-8-7-25(18-28(27)37)36-31(38)26-5-4-13-34-30(26)35-19-22-6-9-29-24(17-22)12-16-39-29/h4-9,13,17-18,21,23,33H,10-12,14-16,19-20H2,1-3H3,(H,34,35)(H,36,38). The van der Waals surface area contributed by atoms with Crippen LogP contribution in [0.2, 0.25) is 0 Å². The zero-order valence-corrected chi connectivity index (χ0v) is 23.2. The smallest absolute Gasteiger partial charge is 0.259 e. The molecule has 39 heavy (non-hydrogen) atoms. The minimum Gasteiger partial charge on any atom is -0.493 e. The highest BCUT2D eigenvalue weighted by molar-refractivity contribution is 6.07. The van der Waals surface area contributed by atoms with Gasteiger partial charge in [-0.05, 0) is 85.8 Å². The quantitative estimate of drug-likeness (QED) is 0.385. The van der Waals surface area contributed by atoms with Gasteiger partial charge in [0, 0.05) is 48.5 Å². The second kappa shape index (κ2) is 10.5. The maximum atomic E-state index is 13.5. The Morgan fingerprint density at radius 2 is 2.03 bits per heavy atom. The van der Waals surface area contributed by atoms with E-state index in [4.69, 9.17) is 4.74 Å². The fourth-order valence-corrected chi connectivity index (χ4v) is 6.42.